The topological polar surface area (TPSA) is 40.5 Å². The van der Waals surface area contributed by atoms with Crippen LogP contribution in [0.25, 0.3) is 0 Å². The van der Waals surface area contributed by atoms with Gasteiger partial charge in [0.2, 0.25) is 0 Å². The minimum absolute atomic E-state index is 0.257. The van der Waals surface area contributed by atoms with E-state index in [1.165, 1.54) is 12.1 Å². The Kier molecular flexibility index (Phi) is 3.06. The average molecular weight is 182 g/mol. The van der Waals surface area contributed by atoms with Gasteiger partial charge >= 0.3 is 7.12 Å². The number of hydrogen-bond donors (Lipinski definition) is 2. The van der Waals surface area contributed by atoms with Crippen molar-refractivity contribution in [1.29, 1.82) is 0 Å². The van der Waals surface area contributed by atoms with E-state index in [9.17, 15) is 4.39 Å². The van der Waals surface area contributed by atoms with Crippen molar-refractivity contribution in [3.63, 3.8) is 0 Å². The number of aryl methyl sites for hydroxylation is 2. The second-order valence-corrected chi connectivity index (χ2v) is 3.04. The lowest BCUT2D eigenvalue weighted by Gasteiger charge is -2.07. The van der Waals surface area contributed by atoms with Crippen molar-refractivity contribution >= 4 is 12.6 Å². The number of rotatable bonds is 2. The molecule has 0 unspecified atom stereocenters. The Morgan fingerprint density at radius 2 is 2.00 bits per heavy atom. The molecule has 4 heteroatoms. The molecule has 0 aliphatic heterocycles. The van der Waals surface area contributed by atoms with Gasteiger partial charge in [-0.25, -0.2) is 4.39 Å². The molecule has 0 fully saturated rings. The second-order valence-electron chi connectivity index (χ2n) is 3.04. The summed E-state index contributed by atoms with van der Waals surface area (Å²) < 4.78 is 13.3. The molecule has 0 heterocycles. The third-order valence-corrected chi connectivity index (χ3v) is 2.03. The van der Waals surface area contributed by atoms with Gasteiger partial charge < -0.3 is 10.0 Å². The lowest BCUT2D eigenvalue weighted by molar-refractivity contribution is 0.425. The molecule has 0 aromatic heterocycles. The average Bonchev–Trinajstić information content (AvgIpc) is 2.09. The molecule has 2 nitrogen and oxygen atoms in total. The molecule has 70 valence electrons. The zero-order valence-electron chi connectivity index (χ0n) is 7.71. The van der Waals surface area contributed by atoms with Crippen LogP contribution in [0.4, 0.5) is 4.39 Å². The molecular formula is C9H12BFO2. The summed E-state index contributed by atoms with van der Waals surface area (Å²) in [6, 6.07) is 2.92. The van der Waals surface area contributed by atoms with Crippen molar-refractivity contribution in [1.82, 2.24) is 0 Å². The van der Waals surface area contributed by atoms with Gasteiger partial charge in [0, 0.05) is 0 Å². The Bertz CT molecular complexity index is 313. The lowest BCUT2D eigenvalue weighted by atomic mass is 9.78. The Balaban J connectivity index is 3.22. The minimum atomic E-state index is -1.52. The summed E-state index contributed by atoms with van der Waals surface area (Å²) in [5, 5.41) is 17.8. The predicted molar refractivity (Wildman–Crippen MR) is 50.3 cm³/mol. The van der Waals surface area contributed by atoms with Gasteiger partial charge in [-0.05, 0) is 29.9 Å². The standard InChI is InChI=1S/C9H12BFO2/c1-3-7-5-8(10(12)13)4-6(2)9(7)11/h4-5,12-13H,3H2,1-2H3. The highest BCUT2D eigenvalue weighted by molar-refractivity contribution is 6.58. The highest BCUT2D eigenvalue weighted by Gasteiger charge is 2.14. The van der Waals surface area contributed by atoms with E-state index in [1.807, 2.05) is 6.92 Å². The van der Waals surface area contributed by atoms with Crippen molar-refractivity contribution in [2.75, 3.05) is 0 Å². The van der Waals surface area contributed by atoms with Crippen LogP contribution in [0.2, 0.25) is 0 Å². The quantitative estimate of drug-likeness (QED) is 0.649. The Labute approximate surface area is 77.2 Å². The number of halogens is 1. The first-order chi connectivity index (χ1) is 6.06. The summed E-state index contributed by atoms with van der Waals surface area (Å²) >= 11 is 0. The van der Waals surface area contributed by atoms with Crippen LogP contribution >= 0.6 is 0 Å². The van der Waals surface area contributed by atoms with E-state index in [1.54, 1.807) is 6.92 Å². The highest BCUT2D eigenvalue weighted by Crippen LogP contribution is 2.11. The fourth-order valence-corrected chi connectivity index (χ4v) is 1.28. The monoisotopic (exact) mass is 182 g/mol. The molecule has 0 saturated heterocycles. The third-order valence-electron chi connectivity index (χ3n) is 2.03. The second kappa shape index (κ2) is 3.90. The van der Waals surface area contributed by atoms with Gasteiger partial charge in [0.25, 0.3) is 0 Å². The third kappa shape index (κ3) is 2.08. The van der Waals surface area contributed by atoms with Crippen molar-refractivity contribution in [2.24, 2.45) is 0 Å². The SMILES string of the molecule is CCc1cc(B(O)O)cc(C)c1F. The van der Waals surface area contributed by atoms with Gasteiger partial charge in [-0.3, -0.25) is 0 Å². The molecule has 1 aromatic rings. The normalized spacial score (nSPS) is 10.2. The van der Waals surface area contributed by atoms with Crippen molar-refractivity contribution in [3.05, 3.63) is 29.1 Å². The molecule has 0 spiro atoms. The van der Waals surface area contributed by atoms with Crippen LogP contribution in [0.15, 0.2) is 12.1 Å². The summed E-state index contributed by atoms with van der Waals surface area (Å²) in [6.07, 6.45) is 0.549. The van der Waals surface area contributed by atoms with Crippen LogP contribution < -0.4 is 5.46 Å². The van der Waals surface area contributed by atoms with Gasteiger partial charge in [-0.1, -0.05) is 19.1 Å². The van der Waals surface area contributed by atoms with Crippen LogP contribution in [-0.4, -0.2) is 17.2 Å². The molecule has 0 aliphatic carbocycles. The summed E-state index contributed by atoms with van der Waals surface area (Å²) in [5.41, 5.74) is 1.31. The molecule has 1 rings (SSSR count). The molecule has 2 N–H and O–H groups in total. The van der Waals surface area contributed by atoms with E-state index in [0.29, 0.717) is 23.0 Å². The maximum atomic E-state index is 13.3. The zero-order valence-corrected chi connectivity index (χ0v) is 7.71. The van der Waals surface area contributed by atoms with Crippen LogP contribution in [0.3, 0.4) is 0 Å². The van der Waals surface area contributed by atoms with Gasteiger partial charge in [0.15, 0.2) is 0 Å². The molecule has 0 amide bonds. The fraction of sp³-hybridized carbons (Fsp3) is 0.333. The van der Waals surface area contributed by atoms with Gasteiger partial charge in [0.05, 0.1) is 0 Å². The van der Waals surface area contributed by atoms with Crippen molar-refractivity contribution in [3.8, 4) is 0 Å². The molecule has 0 aliphatic rings. The Hall–Kier alpha value is -0.865. The maximum Gasteiger partial charge on any atom is 0.488 e. The maximum absolute atomic E-state index is 13.3. The van der Waals surface area contributed by atoms with E-state index in [2.05, 4.69) is 0 Å². The highest BCUT2D eigenvalue weighted by atomic mass is 19.1. The number of benzene rings is 1. The van der Waals surface area contributed by atoms with E-state index in [4.69, 9.17) is 10.0 Å². The summed E-state index contributed by atoms with van der Waals surface area (Å²) in [4.78, 5) is 0. The smallest absolute Gasteiger partial charge is 0.423 e. The lowest BCUT2D eigenvalue weighted by Crippen LogP contribution is -2.30. The van der Waals surface area contributed by atoms with E-state index in [0.717, 1.165) is 0 Å². The first-order valence-corrected chi connectivity index (χ1v) is 4.21. The van der Waals surface area contributed by atoms with Gasteiger partial charge in [0.1, 0.15) is 5.82 Å². The molecule has 1 aromatic carbocycles. The molecular weight excluding hydrogens is 170 g/mol. The van der Waals surface area contributed by atoms with Crippen LogP contribution in [0, 0.1) is 12.7 Å². The summed E-state index contributed by atoms with van der Waals surface area (Å²) in [7, 11) is -1.52. The summed E-state index contributed by atoms with van der Waals surface area (Å²) in [6.45, 7) is 3.44. The molecule has 0 radical (unpaired) electrons. The van der Waals surface area contributed by atoms with Gasteiger partial charge in [-0.15, -0.1) is 0 Å². The number of hydrogen-bond acceptors (Lipinski definition) is 2. The summed E-state index contributed by atoms with van der Waals surface area (Å²) in [5.74, 6) is -0.257. The van der Waals surface area contributed by atoms with E-state index >= 15 is 0 Å². The van der Waals surface area contributed by atoms with Crippen LogP contribution in [-0.2, 0) is 6.42 Å². The molecule has 0 bridgehead atoms. The molecule has 0 atom stereocenters. The van der Waals surface area contributed by atoms with E-state index in [-0.39, 0.29) is 5.82 Å². The molecule has 0 saturated carbocycles. The zero-order chi connectivity index (χ0) is 10.0. The fourth-order valence-electron chi connectivity index (χ4n) is 1.28. The van der Waals surface area contributed by atoms with E-state index < -0.39 is 7.12 Å². The van der Waals surface area contributed by atoms with Crippen molar-refractivity contribution in [2.45, 2.75) is 20.3 Å². The first-order valence-electron chi connectivity index (χ1n) is 4.21. The van der Waals surface area contributed by atoms with Crippen LogP contribution in [0.5, 0.6) is 0 Å². The Morgan fingerprint density at radius 3 is 2.46 bits per heavy atom. The van der Waals surface area contributed by atoms with Crippen LogP contribution in [0.1, 0.15) is 18.1 Å². The molecule has 13 heavy (non-hydrogen) atoms. The van der Waals surface area contributed by atoms with Gasteiger partial charge in [-0.2, -0.15) is 0 Å². The minimum Gasteiger partial charge on any atom is -0.423 e. The Morgan fingerprint density at radius 1 is 1.38 bits per heavy atom. The van der Waals surface area contributed by atoms with Crippen molar-refractivity contribution < 1.29 is 14.4 Å². The first kappa shape index (κ1) is 10.2. The predicted octanol–water partition coefficient (Wildman–Crippen LogP) is 0.376. The largest absolute Gasteiger partial charge is 0.488 e.